The highest BCUT2D eigenvalue weighted by molar-refractivity contribution is 5.81. The summed E-state index contributed by atoms with van der Waals surface area (Å²) in [5.41, 5.74) is 0.132. The van der Waals surface area contributed by atoms with Gasteiger partial charge in [0.1, 0.15) is 18.8 Å². The van der Waals surface area contributed by atoms with Gasteiger partial charge >= 0.3 is 18.0 Å². The maximum Gasteiger partial charge on any atom is 0.408 e. The fourth-order valence-corrected chi connectivity index (χ4v) is 1.80. The first-order chi connectivity index (χ1) is 12.2. The van der Waals surface area contributed by atoms with Crippen LogP contribution in [0.25, 0.3) is 0 Å². The van der Waals surface area contributed by atoms with E-state index < -0.39 is 29.7 Å². The first-order valence-corrected chi connectivity index (χ1v) is 8.06. The van der Waals surface area contributed by atoms with Crippen LogP contribution in [0.4, 0.5) is 4.79 Å². The molecule has 1 aromatic carbocycles. The van der Waals surface area contributed by atoms with Crippen LogP contribution >= 0.6 is 0 Å². The fourth-order valence-electron chi connectivity index (χ4n) is 1.80. The average Bonchev–Trinajstić information content (AvgIpc) is 2.57. The summed E-state index contributed by atoms with van der Waals surface area (Å²) in [6, 6.07) is 8.08. The van der Waals surface area contributed by atoms with E-state index in [1.54, 1.807) is 20.8 Å². The van der Waals surface area contributed by atoms with E-state index in [2.05, 4.69) is 10.1 Å². The number of nitrogens with one attached hydrogen (secondary N) is 1. The van der Waals surface area contributed by atoms with Crippen molar-refractivity contribution < 1.29 is 33.3 Å². The molecule has 144 valence electrons. The minimum Gasteiger partial charge on any atom is -0.467 e. The molecule has 0 radical (unpaired) electrons. The summed E-state index contributed by atoms with van der Waals surface area (Å²) >= 11 is 0. The van der Waals surface area contributed by atoms with Gasteiger partial charge in [0.05, 0.1) is 13.7 Å². The van der Waals surface area contributed by atoms with Gasteiger partial charge in [0.2, 0.25) is 0 Å². The van der Waals surface area contributed by atoms with Gasteiger partial charge in [-0.25, -0.2) is 14.4 Å². The summed E-state index contributed by atoms with van der Waals surface area (Å²) in [6.45, 7) is 4.58. The number of methoxy groups -OCH3 is 1. The zero-order valence-corrected chi connectivity index (χ0v) is 15.4. The van der Waals surface area contributed by atoms with Crippen molar-refractivity contribution in [1.29, 1.82) is 0 Å². The van der Waals surface area contributed by atoms with Gasteiger partial charge in [-0.3, -0.25) is 0 Å². The molecule has 1 N–H and O–H groups in total. The second kappa shape index (κ2) is 10.4. The summed E-state index contributed by atoms with van der Waals surface area (Å²) in [7, 11) is 1.18. The van der Waals surface area contributed by atoms with Crippen LogP contribution in [0.1, 0.15) is 26.3 Å². The summed E-state index contributed by atoms with van der Waals surface area (Å²) in [5, 5.41) is 2.34. The van der Waals surface area contributed by atoms with Gasteiger partial charge < -0.3 is 24.3 Å². The SMILES string of the molecule is COC(=O)C(COCC(=O)OCc1ccccc1)NC(=O)OC(C)(C)C. The minimum atomic E-state index is -1.10. The molecule has 1 atom stereocenters. The normalized spacial score (nSPS) is 12.0. The monoisotopic (exact) mass is 367 g/mol. The fraction of sp³-hybridized carbons (Fsp3) is 0.500. The standard InChI is InChI=1S/C18H25NO7/c1-18(2,3)26-17(22)19-14(16(21)23-4)11-24-12-15(20)25-10-13-8-6-5-7-9-13/h5-9,14H,10-12H2,1-4H3,(H,19,22). The van der Waals surface area contributed by atoms with Gasteiger partial charge in [0, 0.05) is 0 Å². The van der Waals surface area contributed by atoms with Crippen LogP contribution < -0.4 is 5.32 Å². The Hall–Kier alpha value is -2.61. The van der Waals surface area contributed by atoms with Crippen molar-refractivity contribution in [3.05, 3.63) is 35.9 Å². The maximum atomic E-state index is 11.8. The number of rotatable bonds is 8. The number of esters is 2. The Kier molecular flexibility index (Phi) is 8.57. The Morgan fingerprint density at radius 2 is 1.77 bits per heavy atom. The topological polar surface area (TPSA) is 100 Å². The van der Waals surface area contributed by atoms with E-state index in [4.69, 9.17) is 14.2 Å². The molecule has 1 amide bonds. The highest BCUT2D eigenvalue weighted by atomic mass is 16.6. The van der Waals surface area contributed by atoms with Gasteiger partial charge in [0.15, 0.2) is 6.04 Å². The van der Waals surface area contributed by atoms with E-state index in [1.807, 2.05) is 30.3 Å². The highest BCUT2D eigenvalue weighted by Gasteiger charge is 2.25. The molecule has 0 aromatic heterocycles. The highest BCUT2D eigenvalue weighted by Crippen LogP contribution is 2.07. The molecule has 0 aliphatic rings. The third kappa shape index (κ3) is 9.03. The van der Waals surface area contributed by atoms with Gasteiger partial charge in [0.25, 0.3) is 0 Å². The Bertz CT molecular complexity index is 595. The van der Waals surface area contributed by atoms with Gasteiger partial charge in [-0.15, -0.1) is 0 Å². The zero-order chi connectivity index (χ0) is 19.6. The molecular weight excluding hydrogens is 342 g/mol. The molecule has 8 heteroatoms. The summed E-state index contributed by atoms with van der Waals surface area (Å²) in [5.74, 6) is -1.30. The maximum absolute atomic E-state index is 11.8. The number of amides is 1. The van der Waals surface area contributed by atoms with E-state index in [9.17, 15) is 14.4 Å². The van der Waals surface area contributed by atoms with Crippen molar-refractivity contribution in [3.63, 3.8) is 0 Å². The predicted molar refractivity (Wildman–Crippen MR) is 92.2 cm³/mol. The lowest BCUT2D eigenvalue weighted by atomic mass is 10.2. The molecular formula is C18H25NO7. The van der Waals surface area contributed by atoms with Crippen molar-refractivity contribution >= 4 is 18.0 Å². The molecule has 0 bridgehead atoms. The summed E-state index contributed by atoms with van der Waals surface area (Å²) in [6.07, 6.45) is -0.789. The number of ether oxygens (including phenoxy) is 4. The molecule has 0 heterocycles. The van der Waals surface area contributed by atoms with Gasteiger partial charge in [-0.2, -0.15) is 0 Å². The number of hydrogen-bond donors (Lipinski definition) is 1. The van der Waals surface area contributed by atoms with Gasteiger partial charge in [-0.05, 0) is 26.3 Å². The van der Waals surface area contributed by atoms with E-state index >= 15 is 0 Å². The van der Waals surface area contributed by atoms with Crippen LogP contribution in [0.3, 0.4) is 0 Å². The quantitative estimate of drug-likeness (QED) is 0.552. The molecule has 1 aromatic rings. The Balaban J connectivity index is 2.40. The Labute approximate surface area is 152 Å². The van der Waals surface area contributed by atoms with Crippen molar-refractivity contribution in [2.24, 2.45) is 0 Å². The van der Waals surface area contributed by atoms with E-state index in [1.165, 1.54) is 7.11 Å². The molecule has 1 rings (SSSR count). The summed E-state index contributed by atoms with van der Waals surface area (Å²) in [4.78, 5) is 35.1. The smallest absolute Gasteiger partial charge is 0.408 e. The number of carbonyl (C=O) groups is 3. The van der Waals surface area contributed by atoms with Crippen molar-refractivity contribution in [2.45, 2.75) is 39.0 Å². The lowest BCUT2D eigenvalue weighted by Crippen LogP contribution is -2.46. The van der Waals surface area contributed by atoms with Crippen LogP contribution in [-0.2, 0) is 35.1 Å². The molecule has 8 nitrogen and oxygen atoms in total. The predicted octanol–water partition coefficient (Wildman–Crippen LogP) is 1.81. The zero-order valence-electron chi connectivity index (χ0n) is 15.4. The molecule has 0 fully saturated rings. The second-order valence-electron chi connectivity index (χ2n) is 6.38. The van der Waals surface area contributed by atoms with Crippen LogP contribution in [0.15, 0.2) is 30.3 Å². The average molecular weight is 367 g/mol. The van der Waals surface area contributed by atoms with Crippen LogP contribution in [0.5, 0.6) is 0 Å². The van der Waals surface area contributed by atoms with E-state index in [0.29, 0.717) is 0 Å². The van der Waals surface area contributed by atoms with E-state index in [0.717, 1.165) is 5.56 Å². The second-order valence-corrected chi connectivity index (χ2v) is 6.38. The summed E-state index contributed by atoms with van der Waals surface area (Å²) < 4.78 is 19.9. The third-order valence-corrected chi connectivity index (χ3v) is 2.92. The first-order valence-electron chi connectivity index (χ1n) is 8.06. The molecule has 0 aliphatic heterocycles. The minimum absolute atomic E-state index is 0.125. The molecule has 0 saturated carbocycles. The van der Waals surface area contributed by atoms with E-state index in [-0.39, 0.29) is 19.8 Å². The van der Waals surface area contributed by atoms with Crippen LogP contribution in [0, 0.1) is 0 Å². The molecule has 1 unspecified atom stereocenters. The molecule has 0 aliphatic carbocycles. The number of alkyl carbamates (subject to hydrolysis) is 1. The largest absolute Gasteiger partial charge is 0.467 e. The van der Waals surface area contributed by atoms with Crippen molar-refractivity contribution in [2.75, 3.05) is 20.3 Å². The third-order valence-electron chi connectivity index (χ3n) is 2.92. The lowest BCUT2D eigenvalue weighted by Gasteiger charge is -2.22. The molecule has 0 saturated heterocycles. The lowest BCUT2D eigenvalue weighted by molar-refractivity contribution is -0.153. The van der Waals surface area contributed by atoms with Crippen molar-refractivity contribution in [3.8, 4) is 0 Å². The van der Waals surface area contributed by atoms with Gasteiger partial charge in [-0.1, -0.05) is 30.3 Å². The molecule has 0 spiro atoms. The number of carbonyl (C=O) groups excluding carboxylic acids is 3. The van der Waals surface area contributed by atoms with Crippen molar-refractivity contribution in [1.82, 2.24) is 5.32 Å². The number of hydrogen-bond acceptors (Lipinski definition) is 7. The first kappa shape index (κ1) is 21.4. The number of benzene rings is 1. The van der Waals surface area contributed by atoms with Crippen LogP contribution in [-0.4, -0.2) is 50.0 Å². The van der Waals surface area contributed by atoms with Crippen LogP contribution in [0.2, 0.25) is 0 Å². The Morgan fingerprint density at radius 3 is 2.35 bits per heavy atom. The Morgan fingerprint density at radius 1 is 1.12 bits per heavy atom. The molecule has 26 heavy (non-hydrogen) atoms.